The first-order chi connectivity index (χ1) is 8.67. The van der Waals surface area contributed by atoms with E-state index in [4.69, 9.17) is 21.1 Å². The SMILES string of the molecule is CC1(c2ccc(OC3COC3)c(Cl)c2)CCCN1. The first kappa shape index (κ1) is 12.3. The van der Waals surface area contributed by atoms with Gasteiger partial charge < -0.3 is 14.8 Å². The van der Waals surface area contributed by atoms with Crippen LogP contribution >= 0.6 is 11.6 Å². The summed E-state index contributed by atoms with van der Waals surface area (Å²) in [5.74, 6) is 0.760. The number of nitrogens with one attached hydrogen (secondary N) is 1. The zero-order valence-electron chi connectivity index (χ0n) is 10.5. The Balaban J connectivity index is 1.79. The quantitative estimate of drug-likeness (QED) is 0.913. The highest BCUT2D eigenvalue weighted by Gasteiger charge is 2.30. The Hall–Kier alpha value is -0.770. The first-order valence-electron chi connectivity index (χ1n) is 6.47. The van der Waals surface area contributed by atoms with E-state index in [0.29, 0.717) is 18.2 Å². The maximum absolute atomic E-state index is 6.30. The minimum Gasteiger partial charge on any atom is -0.484 e. The monoisotopic (exact) mass is 267 g/mol. The van der Waals surface area contributed by atoms with Gasteiger partial charge in [0.05, 0.1) is 18.2 Å². The van der Waals surface area contributed by atoms with E-state index in [1.807, 2.05) is 12.1 Å². The van der Waals surface area contributed by atoms with Crippen LogP contribution in [0, 0.1) is 0 Å². The Morgan fingerprint density at radius 3 is 2.83 bits per heavy atom. The highest BCUT2D eigenvalue weighted by molar-refractivity contribution is 6.32. The molecule has 0 radical (unpaired) electrons. The van der Waals surface area contributed by atoms with E-state index < -0.39 is 0 Å². The van der Waals surface area contributed by atoms with Crippen LogP contribution in [0.5, 0.6) is 5.75 Å². The third kappa shape index (κ3) is 2.22. The van der Waals surface area contributed by atoms with E-state index in [1.54, 1.807) is 0 Å². The summed E-state index contributed by atoms with van der Waals surface area (Å²) < 4.78 is 10.8. The molecular formula is C14H18ClNO2. The van der Waals surface area contributed by atoms with Gasteiger partial charge in [0.2, 0.25) is 0 Å². The second-order valence-corrected chi connectivity index (χ2v) is 5.69. The highest BCUT2D eigenvalue weighted by atomic mass is 35.5. The van der Waals surface area contributed by atoms with Crippen LogP contribution in [0.2, 0.25) is 5.02 Å². The Labute approximate surface area is 112 Å². The van der Waals surface area contributed by atoms with Crippen molar-refractivity contribution < 1.29 is 9.47 Å². The Morgan fingerprint density at radius 1 is 1.44 bits per heavy atom. The molecule has 1 aromatic rings. The number of halogens is 1. The zero-order valence-corrected chi connectivity index (χ0v) is 11.3. The van der Waals surface area contributed by atoms with Crippen molar-refractivity contribution in [3.8, 4) is 5.75 Å². The normalized spacial score (nSPS) is 28.1. The van der Waals surface area contributed by atoms with E-state index in [1.165, 1.54) is 12.0 Å². The molecule has 3 nitrogen and oxygen atoms in total. The molecule has 2 heterocycles. The maximum Gasteiger partial charge on any atom is 0.145 e. The molecule has 0 saturated carbocycles. The molecule has 0 aromatic heterocycles. The van der Waals surface area contributed by atoms with Crippen LogP contribution < -0.4 is 10.1 Å². The summed E-state index contributed by atoms with van der Waals surface area (Å²) in [6, 6.07) is 6.11. The van der Waals surface area contributed by atoms with E-state index in [-0.39, 0.29) is 11.6 Å². The van der Waals surface area contributed by atoms with Gasteiger partial charge in [0, 0.05) is 5.54 Å². The van der Waals surface area contributed by atoms with Crippen LogP contribution in [0.4, 0.5) is 0 Å². The van der Waals surface area contributed by atoms with E-state index in [9.17, 15) is 0 Å². The topological polar surface area (TPSA) is 30.5 Å². The molecule has 2 fully saturated rings. The van der Waals surface area contributed by atoms with E-state index in [0.717, 1.165) is 18.7 Å². The maximum atomic E-state index is 6.30. The number of rotatable bonds is 3. The van der Waals surface area contributed by atoms with Gasteiger partial charge in [-0.3, -0.25) is 0 Å². The van der Waals surface area contributed by atoms with Crippen LogP contribution in [-0.2, 0) is 10.3 Å². The van der Waals surface area contributed by atoms with Crippen LogP contribution in [-0.4, -0.2) is 25.9 Å². The molecular weight excluding hydrogens is 250 g/mol. The lowest BCUT2D eigenvalue weighted by Crippen LogP contribution is -2.38. The Morgan fingerprint density at radius 2 is 2.28 bits per heavy atom. The highest BCUT2D eigenvalue weighted by Crippen LogP contribution is 2.35. The van der Waals surface area contributed by atoms with Gasteiger partial charge in [0.15, 0.2) is 0 Å². The molecule has 0 bridgehead atoms. The molecule has 1 atom stereocenters. The number of hydrogen-bond acceptors (Lipinski definition) is 3. The average Bonchev–Trinajstić information content (AvgIpc) is 2.73. The van der Waals surface area contributed by atoms with Crippen LogP contribution in [0.25, 0.3) is 0 Å². The minimum absolute atomic E-state index is 0.0573. The summed E-state index contributed by atoms with van der Waals surface area (Å²) in [4.78, 5) is 0. The molecule has 2 aliphatic rings. The molecule has 1 unspecified atom stereocenters. The van der Waals surface area contributed by atoms with Gasteiger partial charge in [-0.05, 0) is 44.0 Å². The fraction of sp³-hybridized carbons (Fsp3) is 0.571. The molecule has 0 spiro atoms. The fourth-order valence-electron chi connectivity index (χ4n) is 2.54. The Kier molecular flexibility index (Phi) is 3.22. The molecule has 2 saturated heterocycles. The van der Waals surface area contributed by atoms with Crippen LogP contribution in [0.1, 0.15) is 25.3 Å². The van der Waals surface area contributed by atoms with Gasteiger partial charge in [-0.25, -0.2) is 0 Å². The fourth-order valence-corrected chi connectivity index (χ4v) is 2.77. The van der Waals surface area contributed by atoms with Crippen molar-refractivity contribution >= 4 is 11.6 Å². The lowest BCUT2D eigenvalue weighted by molar-refractivity contribution is -0.0796. The second-order valence-electron chi connectivity index (χ2n) is 5.28. The standard InChI is InChI=1S/C14H18ClNO2/c1-14(5-2-6-16-14)10-3-4-13(12(15)7-10)18-11-8-17-9-11/h3-4,7,11,16H,2,5-6,8-9H2,1H3. The molecule has 1 N–H and O–H groups in total. The average molecular weight is 268 g/mol. The van der Waals surface area contributed by atoms with Crippen LogP contribution in [0.15, 0.2) is 18.2 Å². The molecule has 98 valence electrons. The predicted molar refractivity (Wildman–Crippen MR) is 71.3 cm³/mol. The molecule has 0 aliphatic carbocycles. The third-order valence-electron chi connectivity index (χ3n) is 3.84. The summed E-state index contributed by atoms with van der Waals surface area (Å²) in [5, 5.41) is 4.23. The summed E-state index contributed by atoms with van der Waals surface area (Å²) >= 11 is 6.30. The van der Waals surface area contributed by atoms with Crippen molar-refractivity contribution in [2.75, 3.05) is 19.8 Å². The first-order valence-corrected chi connectivity index (χ1v) is 6.85. The summed E-state index contributed by atoms with van der Waals surface area (Å²) in [6.45, 7) is 4.63. The summed E-state index contributed by atoms with van der Waals surface area (Å²) in [5.41, 5.74) is 1.30. The van der Waals surface area contributed by atoms with Crippen molar-refractivity contribution in [1.29, 1.82) is 0 Å². The van der Waals surface area contributed by atoms with Gasteiger partial charge >= 0.3 is 0 Å². The Bertz CT molecular complexity index is 439. The summed E-state index contributed by atoms with van der Waals surface area (Å²) in [7, 11) is 0. The predicted octanol–water partition coefficient (Wildman–Crippen LogP) is 2.72. The third-order valence-corrected chi connectivity index (χ3v) is 4.13. The van der Waals surface area contributed by atoms with Crippen molar-refractivity contribution in [1.82, 2.24) is 5.32 Å². The van der Waals surface area contributed by atoms with Gasteiger partial charge in [0.1, 0.15) is 11.9 Å². The number of hydrogen-bond donors (Lipinski definition) is 1. The number of benzene rings is 1. The van der Waals surface area contributed by atoms with Crippen molar-refractivity contribution in [3.05, 3.63) is 28.8 Å². The molecule has 4 heteroatoms. The zero-order chi connectivity index (χ0) is 12.6. The second kappa shape index (κ2) is 4.72. The smallest absolute Gasteiger partial charge is 0.145 e. The van der Waals surface area contributed by atoms with Gasteiger partial charge in [-0.15, -0.1) is 0 Å². The van der Waals surface area contributed by atoms with Gasteiger partial charge in [-0.2, -0.15) is 0 Å². The van der Waals surface area contributed by atoms with Crippen molar-refractivity contribution in [2.24, 2.45) is 0 Å². The molecule has 3 rings (SSSR count). The minimum atomic E-state index is 0.0573. The summed E-state index contributed by atoms with van der Waals surface area (Å²) in [6.07, 6.45) is 2.53. The molecule has 1 aromatic carbocycles. The molecule has 2 aliphatic heterocycles. The lowest BCUT2D eigenvalue weighted by atomic mass is 9.90. The number of ether oxygens (including phenoxy) is 2. The van der Waals surface area contributed by atoms with Gasteiger partial charge in [-0.1, -0.05) is 17.7 Å². The molecule has 0 amide bonds. The van der Waals surface area contributed by atoms with Gasteiger partial charge in [0.25, 0.3) is 0 Å². The lowest BCUT2D eigenvalue weighted by Gasteiger charge is -2.28. The largest absolute Gasteiger partial charge is 0.484 e. The van der Waals surface area contributed by atoms with Crippen LogP contribution in [0.3, 0.4) is 0 Å². The van der Waals surface area contributed by atoms with E-state index in [2.05, 4.69) is 18.3 Å². The van der Waals surface area contributed by atoms with Crippen molar-refractivity contribution in [2.45, 2.75) is 31.4 Å². The van der Waals surface area contributed by atoms with Crippen molar-refractivity contribution in [3.63, 3.8) is 0 Å². The van der Waals surface area contributed by atoms with E-state index >= 15 is 0 Å². The molecule has 18 heavy (non-hydrogen) atoms.